The third-order valence-electron chi connectivity index (χ3n) is 3.40. The van der Waals surface area contributed by atoms with E-state index >= 15 is 0 Å². The van der Waals surface area contributed by atoms with Crippen LogP contribution in [0.1, 0.15) is 38.7 Å². The predicted octanol–water partition coefficient (Wildman–Crippen LogP) is 2.53. The minimum atomic E-state index is -1.03. The molecule has 0 aliphatic heterocycles. The summed E-state index contributed by atoms with van der Waals surface area (Å²) in [6, 6.07) is 7.84. The second-order valence-corrected chi connectivity index (χ2v) is 7.52. The summed E-state index contributed by atoms with van der Waals surface area (Å²) >= 11 is 2.22. The van der Waals surface area contributed by atoms with Crippen molar-refractivity contribution in [3.8, 4) is 0 Å². The number of carbonyl (C=O) groups is 2. The molecule has 0 radical (unpaired) electrons. The number of nitrogens with two attached hydrogens (primary N) is 1. The highest BCUT2D eigenvalue weighted by Gasteiger charge is 2.61. The number of hydrogen-bond donors (Lipinski definition) is 2. The third kappa shape index (κ3) is 3.66. The van der Waals surface area contributed by atoms with Crippen LogP contribution in [-0.2, 0) is 9.53 Å². The van der Waals surface area contributed by atoms with Crippen molar-refractivity contribution in [3.63, 3.8) is 0 Å². The zero-order valence-electron chi connectivity index (χ0n) is 12.3. The summed E-state index contributed by atoms with van der Waals surface area (Å²) < 4.78 is 6.32. The van der Waals surface area contributed by atoms with E-state index in [1.807, 2.05) is 24.3 Å². The zero-order chi connectivity index (χ0) is 15.8. The van der Waals surface area contributed by atoms with E-state index < -0.39 is 23.1 Å². The normalized spacial score (nSPS) is 24.3. The molecule has 1 aliphatic rings. The van der Waals surface area contributed by atoms with E-state index in [0.29, 0.717) is 6.42 Å². The van der Waals surface area contributed by atoms with E-state index in [0.717, 1.165) is 9.13 Å². The summed E-state index contributed by atoms with van der Waals surface area (Å²) in [6.45, 7) is 5.31. The molecule has 1 saturated carbocycles. The number of alkyl carbamates (subject to hydrolysis) is 1. The Morgan fingerprint density at radius 1 is 1.33 bits per heavy atom. The van der Waals surface area contributed by atoms with Crippen molar-refractivity contribution in [2.24, 2.45) is 5.73 Å². The summed E-state index contributed by atoms with van der Waals surface area (Å²) in [5.41, 5.74) is 4.84. The SMILES string of the molecule is CC(C)(C)OC(=O)NC1(C(N)=O)C[C@@H]1c1ccc(I)cc1. The zero-order valence-corrected chi connectivity index (χ0v) is 14.4. The van der Waals surface area contributed by atoms with Crippen LogP contribution in [0.4, 0.5) is 4.79 Å². The van der Waals surface area contributed by atoms with Crippen molar-refractivity contribution in [1.82, 2.24) is 5.32 Å². The Morgan fingerprint density at radius 3 is 2.38 bits per heavy atom. The lowest BCUT2D eigenvalue weighted by Gasteiger charge is -2.23. The number of ether oxygens (including phenoxy) is 1. The number of benzene rings is 1. The first kappa shape index (κ1) is 16.1. The van der Waals surface area contributed by atoms with E-state index in [1.165, 1.54) is 0 Å². The van der Waals surface area contributed by atoms with Gasteiger partial charge in [0.1, 0.15) is 11.1 Å². The minimum Gasteiger partial charge on any atom is -0.444 e. The van der Waals surface area contributed by atoms with Crippen LogP contribution in [-0.4, -0.2) is 23.1 Å². The van der Waals surface area contributed by atoms with Gasteiger partial charge in [-0.25, -0.2) is 4.79 Å². The molecule has 114 valence electrons. The molecule has 3 N–H and O–H groups in total. The molecule has 1 fully saturated rings. The Labute approximate surface area is 137 Å². The fraction of sp³-hybridized carbons (Fsp3) is 0.467. The molecule has 0 spiro atoms. The molecule has 0 aromatic heterocycles. The van der Waals surface area contributed by atoms with Crippen LogP contribution in [0, 0.1) is 3.57 Å². The molecule has 2 amide bonds. The Bertz CT molecular complexity index is 565. The van der Waals surface area contributed by atoms with Crippen molar-refractivity contribution >= 4 is 34.6 Å². The van der Waals surface area contributed by atoms with Gasteiger partial charge in [-0.1, -0.05) is 12.1 Å². The van der Waals surface area contributed by atoms with Crippen LogP contribution in [0.5, 0.6) is 0 Å². The Hall–Kier alpha value is -1.31. The molecule has 1 aromatic rings. The molecule has 1 aromatic carbocycles. The second-order valence-electron chi connectivity index (χ2n) is 6.27. The molecule has 6 heteroatoms. The maximum Gasteiger partial charge on any atom is 0.408 e. The molecule has 2 atom stereocenters. The maximum absolute atomic E-state index is 11.9. The monoisotopic (exact) mass is 402 g/mol. The number of carbonyl (C=O) groups excluding carboxylic acids is 2. The van der Waals surface area contributed by atoms with E-state index in [4.69, 9.17) is 10.5 Å². The van der Waals surface area contributed by atoms with Crippen molar-refractivity contribution in [1.29, 1.82) is 0 Å². The average molecular weight is 402 g/mol. The number of amides is 2. The summed E-state index contributed by atoms with van der Waals surface area (Å²) in [5, 5.41) is 2.65. The van der Waals surface area contributed by atoms with Gasteiger partial charge in [-0.3, -0.25) is 4.79 Å². The number of nitrogens with one attached hydrogen (secondary N) is 1. The van der Waals surface area contributed by atoms with Gasteiger partial charge in [0.2, 0.25) is 5.91 Å². The summed E-state index contributed by atoms with van der Waals surface area (Å²) in [7, 11) is 0. The van der Waals surface area contributed by atoms with Gasteiger partial charge in [0.05, 0.1) is 0 Å². The van der Waals surface area contributed by atoms with Crippen LogP contribution in [0.25, 0.3) is 0 Å². The Morgan fingerprint density at radius 2 is 1.90 bits per heavy atom. The highest BCUT2D eigenvalue weighted by molar-refractivity contribution is 14.1. The van der Waals surface area contributed by atoms with Crippen molar-refractivity contribution in [2.75, 3.05) is 0 Å². The molecular weight excluding hydrogens is 383 g/mol. The van der Waals surface area contributed by atoms with Crippen molar-refractivity contribution in [3.05, 3.63) is 33.4 Å². The number of hydrogen-bond acceptors (Lipinski definition) is 3. The molecule has 0 saturated heterocycles. The average Bonchev–Trinajstić information content (AvgIpc) is 3.03. The first-order chi connectivity index (χ1) is 9.64. The van der Waals surface area contributed by atoms with Gasteiger partial charge in [-0.2, -0.15) is 0 Å². The summed E-state index contributed by atoms with van der Waals surface area (Å²) in [5.74, 6) is -0.628. The van der Waals surface area contributed by atoms with Crippen molar-refractivity contribution in [2.45, 2.75) is 44.2 Å². The summed E-state index contributed by atoms with van der Waals surface area (Å²) in [6.07, 6.45) is -0.114. The van der Waals surface area contributed by atoms with Crippen LogP contribution < -0.4 is 11.1 Å². The number of rotatable bonds is 3. The molecule has 2 rings (SSSR count). The quantitative estimate of drug-likeness (QED) is 0.763. The highest BCUT2D eigenvalue weighted by atomic mass is 127. The van der Waals surface area contributed by atoms with E-state index in [2.05, 4.69) is 27.9 Å². The molecule has 0 heterocycles. The smallest absolute Gasteiger partial charge is 0.408 e. The van der Waals surface area contributed by atoms with Gasteiger partial charge in [-0.05, 0) is 67.5 Å². The third-order valence-corrected chi connectivity index (χ3v) is 4.12. The maximum atomic E-state index is 11.9. The Balaban J connectivity index is 2.12. The molecule has 0 bridgehead atoms. The van der Waals surface area contributed by atoms with Crippen LogP contribution >= 0.6 is 22.6 Å². The standard InChI is InChI=1S/C15H19IN2O3/c1-14(2,3)21-13(20)18-15(12(17)19)8-11(15)9-4-6-10(16)7-5-9/h4-7,11H,8H2,1-3H3,(H2,17,19)(H,18,20)/t11-,15?/m1/s1. The van der Waals surface area contributed by atoms with Crippen LogP contribution in [0.2, 0.25) is 0 Å². The van der Waals surface area contributed by atoms with E-state index in [1.54, 1.807) is 20.8 Å². The van der Waals surface area contributed by atoms with Crippen molar-refractivity contribution < 1.29 is 14.3 Å². The Kier molecular flexibility index (Phi) is 4.19. The van der Waals surface area contributed by atoms with Gasteiger partial charge in [-0.15, -0.1) is 0 Å². The predicted molar refractivity (Wildman–Crippen MR) is 87.8 cm³/mol. The first-order valence-electron chi connectivity index (χ1n) is 6.70. The molecule has 5 nitrogen and oxygen atoms in total. The van der Waals surface area contributed by atoms with Gasteiger partial charge in [0, 0.05) is 9.49 Å². The topological polar surface area (TPSA) is 81.4 Å². The molecule has 1 aliphatic carbocycles. The van der Waals surface area contributed by atoms with E-state index in [-0.39, 0.29) is 5.92 Å². The molecule has 1 unspecified atom stereocenters. The summed E-state index contributed by atoms with van der Waals surface area (Å²) in [4.78, 5) is 23.7. The van der Waals surface area contributed by atoms with E-state index in [9.17, 15) is 9.59 Å². The van der Waals surface area contributed by atoms with Crippen LogP contribution in [0.3, 0.4) is 0 Å². The fourth-order valence-corrected chi connectivity index (χ4v) is 2.68. The lowest BCUT2D eigenvalue weighted by atomic mass is 10.1. The van der Waals surface area contributed by atoms with Gasteiger partial charge >= 0.3 is 6.09 Å². The minimum absolute atomic E-state index is 0.0977. The van der Waals surface area contributed by atoms with Gasteiger partial charge in [0.25, 0.3) is 0 Å². The van der Waals surface area contributed by atoms with Gasteiger partial charge < -0.3 is 15.8 Å². The second kappa shape index (κ2) is 5.47. The number of halogens is 1. The van der Waals surface area contributed by atoms with Gasteiger partial charge in [0.15, 0.2) is 0 Å². The molecule has 21 heavy (non-hydrogen) atoms. The largest absolute Gasteiger partial charge is 0.444 e. The molecular formula is C15H19IN2O3. The number of primary amides is 1. The van der Waals surface area contributed by atoms with Crippen LogP contribution in [0.15, 0.2) is 24.3 Å². The first-order valence-corrected chi connectivity index (χ1v) is 7.78. The highest BCUT2D eigenvalue weighted by Crippen LogP contribution is 2.51. The lowest BCUT2D eigenvalue weighted by molar-refractivity contribution is -0.121. The fourth-order valence-electron chi connectivity index (χ4n) is 2.32. The lowest BCUT2D eigenvalue weighted by Crippen LogP contribution is -2.49.